The lowest BCUT2D eigenvalue weighted by molar-refractivity contribution is 0.172. The molecule has 0 aromatic heterocycles. The van der Waals surface area contributed by atoms with Gasteiger partial charge in [-0.25, -0.2) is 17.6 Å². The summed E-state index contributed by atoms with van der Waals surface area (Å²) in [6, 6.07) is 14.7. The maximum absolute atomic E-state index is 13.0. The van der Waals surface area contributed by atoms with E-state index in [1.54, 1.807) is 4.90 Å². The standard InChI is InChI=1S/C20H24FN3O3S/c21-18-8-10-19(11-9-18)28(26,27)24-15-13-23(14-16-24)20(25)22-12-4-7-17-5-2-1-3-6-17/h1-3,5-6,8-11H,4,7,12-16H2,(H,22,25). The molecule has 28 heavy (non-hydrogen) atoms. The zero-order valence-electron chi connectivity index (χ0n) is 15.6. The molecule has 0 unspecified atom stereocenters. The first-order valence-corrected chi connectivity index (χ1v) is 10.7. The number of piperazine rings is 1. The minimum atomic E-state index is -3.67. The van der Waals surface area contributed by atoms with E-state index in [-0.39, 0.29) is 24.0 Å². The van der Waals surface area contributed by atoms with Crippen molar-refractivity contribution in [1.82, 2.24) is 14.5 Å². The van der Waals surface area contributed by atoms with E-state index in [0.29, 0.717) is 19.6 Å². The summed E-state index contributed by atoms with van der Waals surface area (Å²) >= 11 is 0. The number of aryl methyl sites for hydroxylation is 1. The lowest BCUT2D eigenvalue weighted by Crippen LogP contribution is -2.53. The molecule has 8 heteroatoms. The number of halogens is 1. The predicted molar refractivity (Wildman–Crippen MR) is 105 cm³/mol. The van der Waals surface area contributed by atoms with Crippen LogP contribution in [0.4, 0.5) is 9.18 Å². The molecule has 2 aromatic carbocycles. The second-order valence-corrected chi connectivity index (χ2v) is 8.60. The van der Waals surface area contributed by atoms with E-state index in [4.69, 9.17) is 0 Å². The van der Waals surface area contributed by atoms with Gasteiger partial charge in [0.2, 0.25) is 10.0 Å². The molecule has 1 heterocycles. The minimum Gasteiger partial charge on any atom is -0.338 e. The van der Waals surface area contributed by atoms with Gasteiger partial charge in [-0.3, -0.25) is 0 Å². The van der Waals surface area contributed by atoms with Gasteiger partial charge in [-0.2, -0.15) is 4.31 Å². The van der Waals surface area contributed by atoms with E-state index in [9.17, 15) is 17.6 Å². The Balaban J connectivity index is 1.44. The molecular weight excluding hydrogens is 381 g/mol. The summed E-state index contributed by atoms with van der Waals surface area (Å²) in [6.07, 6.45) is 1.74. The third-order valence-electron chi connectivity index (χ3n) is 4.74. The molecule has 1 saturated heterocycles. The fourth-order valence-electron chi connectivity index (χ4n) is 3.13. The zero-order chi connectivity index (χ0) is 20.0. The van der Waals surface area contributed by atoms with Crippen LogP contribution in [-0.4, -0.2) is 56.4 Å². The number of urea groups is 1. The van der Waals surface area contributed by atoms with Crippen LogP contribution >= 0.6 is 0 Å². The fourth-order valence-corrected chi connectivity index (χ4v) is 4.55. The Hall–Kier alpha value is -2.45. The number of hydrogen-bond donors (Lipinski definition) is 1. The van der Waals surface area contributed by atoms with Crippen molar-refractivity contribution < 1.29 is 17.6 Å². The lowest BCUT2D eigenvalue weighted by atomic mass is 10.1. The highest BCUT2D eigenvalue weighted by Gasteiger charge is 2.30. The summed E-state index contributed by atoms with van der Waals surface area (Å²) < 4.78 is 39.6. The fraction of sp³-hybridized carbons (Fsp3) is 0.350. The Kier molecular flexibility index (Phi) is 6.64. The van der Waals surface area contributed by atoms with Crippen molar-refractivity contribution in [2.75, 3.05) is 32.7 Å². The first kappa shape index (κ1) is 20.3. The molecule has 1 aliphatic rings. The number of hydrogen-bond acceptors (Lipinski definition) is 3. The number of nitrogens with one attached hydrogen (secondary N) is 1. The summed E-state index contributed by atoms with van der Waals surface area (Å²) in [5, 5.41) is 2.89. The van der Waals surface area contributed by atoms with Crippen LogP contribution in [0.3, 0.4) is 0 Å². The molecule has 0 bridgehead atoms. The molecule has 6 nitrogen and oxygen atoms in total. The summed E-state index contributed by atoms with van der Waals surface area (Å²) in [5.41, 5.74) is 1.23. The van der Waals surface area contributed by atoms with Crippen LogP contribution in [0.15, 0.2) is 59.5 Å². The van der Waals surface area contributed by atoms with Crippen LogP contribution in [0, 0.1) is 5.82 Å². The molecule has 1 fully saturated rings. The van der Waals surface area contributed by atoms with E-state index >= 15 is 0 Å². The quantitative estimate of drug-likeness (QED) is 0.751. The maximum Gasteiger partial charge on any atom is 0.317 e. The van der Waals surface area contributed by atoms with E-state index in [1.807, 2.05) is 18.2 Å². The van der Waals surface area contributed by atoms with Crippen LogP contribution in [0.5, 0.6) is 0 Å². The van der Waals surface area contributed by atoms with Crippen molar-refractivity contribution in [2.45, 2.75) is 17.7 Å². The molecular formula is C20H24FN3O3S. The Morgan fingerprint density at radius 2 is 1.61 bits per heavy atom. The van der Waals surface area contributed by atoms with E-state index in [2.05, 4.69) is 17.4 Å². The Morgan fingerprint density at radius 3 is 2.25 bits per heavy atom. The summed E-state index contributed by atoms with van der Waals surface area (Å²) in [6.45, 7) is 1.66. The van der Waals surface area contributed by atoms with Gasteiger partial charge in [-0.1, -0.05) is 30.3 Å². The first-order chi connectivity index (χ1) is 13.5. The number of sulfonamides is 1. The number of amides is 2. The Morgan fingerprint density at radius 1 is 0.964 bits per heavy atom. The third kappa shape index (κ3) is 5.08. The average Bonchev–Trinajstić information content (AvgIpc) is 2.72. The van der Waals surface area contributed by atoms with Gasteiger partial charge in [0.25, 0.3) is 0 Å². The molecule has 0 spiro atoms. The van der Waals surface area contributed by atoms with Gasteiger partial charge in [0.05, 0.1) is 4.90 Å². The van der Waals surface area contributed by atoms with Crippen LogP contribution in [0.1, 0.15) is 12.0 Å². The van der Waals surface area contributed by atoms with Crippen molar-refractivity contribution in [2.24, 2.45) is 0 Å². The highest BCUT2D eigenvalue weighted by atomic mass is 32.2. The van der Waals surface area contributed by atoms with Gasteiger partial charge in [-0.05, 0) is 42.7 Å². The largest absolute Gasteiger partial charge is 0.338 e. The number of carbonyl (C=O) groups excluding carboxylic acids is 1. The molecule has 150 valence electrons. The molecule has 1 aliphatic heterocycles. The monoisotopic (exact) mass is 405 g/mol. The SMILES string of the molecule is O=C(NCCCc1ccccc1)N1CCN(S(=O)(=O)c2ccc(F)cc2)CC1. The molecule has 3 rings (SSSR count). The van der Waals surface area contributed by atoms with Crippen molar-refractivity contribution in [3.63, 3.8) is 0 Å². The molecule has 0 aliphatic carbocycles. The molecule has 0 atom stereocenters. The van der Waals surface area contributed by atoms with Crippen LogP contribution in [0.25, 0.3) is 0 Å². The Bertz CT molecular complexity index is 881. The minimum absolute atomic E-state index is 0.0627. The van der Waals surface area contributed by atoms with Crippen LogP contribution in [0.2, 0.25) is 0 Å². The number of rotatable bonds is 6. The molecule has 0 saturated carbocycles. The molecule has 1 N–H and O–H groups in total. The van der Waals surface area contributed by atoms with Crippen molar-refractivity contribution in [3.05, 3.63) is 66.0 Å². The second kappa shape index (κ2) is 9.16. The smallest absolute Gasteiger partial charge is 0.317 e. The first-order valence-electron chi connectivity index (χ1n) is 9.29. The third-order valence-corrected chi connectivity index (χ3v) is 6.65. The zero-order valence-corrected chi connectivity index (χ0v) is 16.4. The van der Waals surface area contributed by atoms with Gasteiger partial charge >= 0.3 is 6.03 Å². The van der Waals surface area contributed by atoms with Crippen molar-refractivity contribution in [1.29, 1.82) is 0 Å². The van der Waals surface area contributed by atoms with Gasteiger partial charge in [0.15, 0.2) is 0 Å². The van der Waals surface area contributed by atoms with Gasteiger partial charge in [0, 0.05) is 32.7 Å². The van der Waals surface area contributed by atoms with Gasteiger partial charge in [-0.15, -0.1) is 0 Å². The summed E-state index contributed by atoms with van der Waals surface area (Å²) in [7, 11) is -3.67. The van der Waals surface area contributed by atoms with E-state index in [1.165, 1.54) is 22.0 Å². The normalized spacial score (nSPS) is 15.4. The lowest BCUT2D eigenvalue weighted by Gasteiger charge is -2.34. The van der Waals surface area contributed by atoms with E-state index < -0.39 is 15.8 Å². The molecule has 0 radical (unpaired) electrons. The number of carbonyl (C=O) groups is 1. The Labute approximate surface area is 165 Å². The second-order valence-electron chi connectivity index (χ2n) is 6.67. The number of nitrogens with zero attached hydrogens (tertiary/aromatic N) is 2. The highest BCUT2D eigenvalue weighted by Crippen LogP contribution is 2.18. The van der Waals surface area contributed by atoms with Crippen LogP contribution < -0.4 is 5.32 Å². The van der Waals surface area contributed by atoms with Gasteiger partial charge in [0.1, 0.15) is 5.82 Å². The van der Waals surface area contributed by atoms with Crippen LogP contribution in [-0.2, 0) is 16.4 Å². The number of benzene rings is 2. The van der Waals surface area contributed by atoms with Crippen molar-refractivity contribution >= 4 is 16.1 Å². The van der Waals surface area contributed by atoms with E-state index in [0.717, 1.165) is 25.0 Å². The highest BCUT2D eigenvalue weighted by molar-refractivity contribution is 7.89. The predicted octanol–water partition coefficient (Wildman–Crippen LogP) is 2.47. The van der Waals surface area contributed by atoms with Crippen molar-refractivity contribution in [3.8, 4) is 0 Å². The van der Waals surface area contributed by atoms with Gasteiger partial charge < -0.3 is 10.2 Å². The molecule has 2 aromatic rings. The topological polar surface area (TPSA) is 69.7 Å². The summed E-state index contributed by atoms with van der Waals surface area (Å²) in [4.78, 5) is 14.0. The summed E-state index contributed by atoms with van der Waals surface area (Å²) in [5.74, 6) is -0.479. The molecule has 2 amide bonds. The average molecular weight is 405 g/mol. The maximum atomic E-state index is 13.0.